The summed E-state index contributed by atoms with van der Waals surface area (Å²) < 4.78 is 25.6. The van der Waals surface area contributed by atoms with Crippen LogP contribution in [0.3, 0.4) is 0 Å². The molecule has 0 aliphatic heterocycles. The molecule has 0 spiro atoms. The molecule has 0 aliphatic carbocycles. The van der Waals surface area contributed by atoms with Crippen molar-refractivity contribution in [2.24, 2.45) is 0 Å². The first-order valence-corrected chi connectivity index (χ1v) is 8.25. The fraction of sp³-hybridized carbons (Fsp3) is 1.00. The van der Waals surface area contributed by atoms with Crippen LogP contribution in [0.2, 0.25) is 0 Å². The molecule has 98 valence electrons. The van der Waals surface area contributed by atoms with Crippen LogP contribution in [0, 0.1) is 0 Å². The molecule has 3 nitrogen and oxygen atoms in total. The number of nitrogens with one attached hydrogen (secondary N) is 1. The van der Waals surface area contributed by atoms with Crippen LogP contribution < -0.4 is 4.72 Å². The number of sulfonamides is 1. The van der Waals surface area contributed by atoms with Crippen LogP contribution in [0.25, 0.3) is 0 Å². The van der Waals surface area contributed by atoms with Crippen molar-refractivity contribution in [3.8, 4) is 0 Å². The first kappa shape index (κ1) is 15.9. The van der Waals surface area contributed by atoms with Crippen molar-refractivity contribution in [2.45, 2.75) is 65.2 Å². The summed E-state index contributed by atoms with van der Waals surface area (Å²) in [5, 5.41) is 0. The van der Waals surface area contributed by atoms with E-state index in [1.54, 1.807) is 0 Å². The molecule has 0 bridgehead atoms. The minimum absolute atomic E-state index is 0.294. The molecular weight excluding hydrogens is 222 g/mol. The number of hydrogen-bond acceptors (Lipinski definition) is 2. The van der Waals surface area contributed by atoms with E-state index in [0.717, 1.165) is 25.7 Å². The maximum atomic E-state index is 11.5. The van der Waals surface area contributed by atoms with Crippen molar-refractivity contribution >= 4 is 10.0 Å². The summed E-state index contributed by atoms with van der Waals surface area (Å²) in [4.78, 5) is 0. The monoisotopic (exact) mass is 249 g/mol. The van der Waals surface area contributed by atoms with Gasteiger partial charge in [0, 0.05) is 6.54 Å². The van der Waals surface area contributed by atoms with Crippen molar-refractivity contribution in [2.75, 3.05) is 12.3 Å². The van der Waals surface area contributed by atoms with E-state index in [0.29, 0.717) is 12.3 Å². The van der Waals surface area contributed by atoms with Gasteiger partial charge in [-0.25, -0.2) is 13.1 Å². The Labute approximate surface area is 101 Å². The van der Waals surface area contributed by atoms with E-state index in [4.69, 9.17) is 0 Å². The van der Waals surface area contributed by atoms with E-state index < -0.39 is 10.0 Å². The van der Waals surface area contributed by atoms with E-state index in [9.17, 15) is 8.42 Å². The Morgan fingerprint density at radius 2 is 1.38 bits per heavy atom. The molecule has 16 heavy (non-hydrogen) atoms. The van der Waals surface area contributed by atoms with Gasteiger partial charge in [0.25, 0.3) is 0 Å². The standard InChI is InChI=1S/C12H27NO2S/c1-3-5-7-8-9-10-12-16(14,15)13-11-6-4-2/h13H,3-12H2,1-2H3. The quantitative estimate of drug-likeness (QED) is 0.572. The van der Waals surface area contributed by atoms with E-state index >= 15 is 0 Å². The Morgan fingerprint density at radius 1 is 0.812 bits per heavy atom. The van der Waals surface area contributed by atoms with Crippen LogP contribution >= 0.6 is 0 Å². The largest absolute Gasteiger partial charge is 0.215 e. The topological polar surface area (TPSA) is 46.2 Å². The number of rotatable bonds is 11. The van der Waals surface area contributed by atoms with Gasteiger partial charge < -0.3 is 0 Å². The highest BCUT2D eigenvalue weighted by Crippen LogP contribution is 2.05. The molecular formula is C12H27NO2S. The molecule has 0 unspecified atom stereocenters. The van der Waals surface area contributed by atoms with Crippen LogP contribution in [-0.2, 0) is 10.0 Å². The summed E-state index contributed by atoms with van der Waals surface area (Å²) >= 11 is 0. The smallest absolute Gasteiger partial charge is 0.211 e. The van der Waals surface area contributed by atoms with Crippen molar-refractivity contribution in [1.82, 2.24) is 4.72 Å². The highest BCUT2D eigenvalue weighted by Gasteiger charge is 2.07. The lowest BCUT2D eigenvalue weighted by Gasteiger charge is -2.05. The zero-order valence-corrected chi connectivity index (χ0v) is 11.6. The highest BCUT2D eigenvalue weighted by molar-refractivity contribution is 7.89. The minimum atomic E-state index is -3.00. The van der Waals surface area contributed by atoms with E-state index in [2.05, 4.69) is 18.6 Å². The molecule has 0 rings (SSSR count). The van der Waals surface area contributed by atoms with Gasteiger partial charge in [-0.05, 0) is 12.8 Å². The lowest BCUT2D eigenvalue weighted by atomic mass is 10.1. The van der Waals surface area contributed by atoms with Crippen molar-refractivity contribution in [3.63, 3.8) is 0 Å². The highest BCUT2D eigenvalue weighted by atomic mass is 32.2. The maximum Gasteiger partial charge on any atom is 0.211 e. The van der Waals surface area contributed by atoms with Gasteiger partial charge in [-0.3, -0.25) is 0 Å². The summed E-state index contributed by atoms with van der Waals surface area (Å²) in [6.45, 7) is 4.83. The molecule has 1 N–H and O–H groups in total. The lowest BCUT2D eigenvalue weighted by molar-refractivity contribution is 0.568. The normalized spacial score (nSPS) is 11.9. The van der Waals surface area contributed by atoms with Crippen molar-refractivity contribution < 1.29 is 8.42 Å². The van der Waals surface area contributed by atoms with Crippen LogP contribution in [0.4, 0.5) is 0 Å². The van der Waals surface area contributed by atoms with Gasteiger partial charge in [-0.15, -0.1) is 0 Å². The fourth-order valence-corrected chi connectivity index (χ4v) is 2.73. The summed E-state index contributed by atoms with van der Waals surface area (Å²) in [5.41, 5.74) is 0. The summed E-state index contributed by atoms with van der Waals surface area (Å²) in [5.74, 6) is 0.294. The van der Waals surface area contributed by atoms with Gasteiger partial charge in [-0.2, -0.15) is 0 Å². The second-order valence-corrected chi connectivity index (χ2v) is 6.26. The molecule has 0 aromatic rings. The van der Waals surface area contributed by atoms with Crippen LogP contribution in [0.5, 0.6) is 0 Å². The zero-order valence-electron chi connectivity index (χ0n) is 10.8. The van der Waals surface area contributed by atoms with Crippen LogP contribution in [-0.4, -0.2) is 20.7 Å². The lowest BCUT2D eigenvalue weighted by Crippen LogP contribution is -2.27. The maximum absolute atomic E-state index is 11.5. The molecule has 0 fully saturated rings. The molecule has 4 heteroatoms. The predicted molar refractivity (Wildman–Crippen MR) is 70.1 cm³/mol. The Balaban J connectivity index is 3.43. The molecule has 0 radical (unpaired) electrons. The Kier molecular flexibility index (Phi) is 10.0. The summed E-state index contributed by atoms with van der Waals surface area (Å²) in [6, 6.07) is 0. The van der Waals surface area contributed by atoms with Crippen molar-refractivity contribution in [1.29, 1.82) is 0 Å². The summed E-state index contributed by atoms with van der Waals surface area (Å²) in [7, 11) is -3.00. The third-order valence-corrected chi connectivity index (χ3v) is 4.09. The molecule has 0 aromatic carbocycles. The molecule has 0 aromatic heterocycles. The molecule has 0 aliphatic rings. The third kappa shape index (κ3) is 10.4. The van der Waals surface area contributed by atoms with Gasteiger partial charge in [0.05, 0.1) is 5.75 Å². The average Bonchev–Trinajstić information content (AvgIpc) is 2.23. The van der Waals surface area contributed by atoms with Gasteiger partial charge in [0.15, 0.2) is 0 Å². The molecule has 0 amide bonds. The van der Waals surface area contributed by atoms with Gasteiger partial charge in [0.1, 0.15) is 0 Å². The SMILES string of the molecule is CCCCCCCCS(=O)(=O)NCCCC. The predicted octanol–water partition coefficient (Wildman–Crippen LogP) is 3.07. The van der Waals surface area contributed by atoms with E-state index in [1.807, 2.05) is 0 Å². The average molecular weight is 249 g/mol. The van der Waals surface area contributed by atoms with Crippen molar-refractivity contribution in [3.05, 3.63) is 0 Å². The molecule has 0 heterocycles. The second-order valence-electron chi connectivity index (χ2n) is 4.33. The van der Waals surface area contributed by atoms with Crippen LogP contribution in [0.1, 0.15) is 65.2 Å². The van der Waals surface area contributed by atoms with Crippen LogP contribution in [0.15, 0.2) is 0 Å². The number of unbranched alkanes of at least 4 members (excludes halogenated alkanes) is 6. The second kappa shape index (κ2) is 10.1. The third-order valence-electron chi connectivity index (χ3n) is 2.62. The fourth-order valence-electron chi connectivity index (χ4n) is 1.55. The first-order chi connectivity index (χ1) is 7.62. The molecule has 0 atom stereocenters. The summed E-state index contributed by atoms with van der Waals surface area (Å²) in [6.07, 6.45) is 8.69. The number of hydrogen-bond donors (Lipinski definition) is 1. The Morgan fingerprint density at radius 3 is 2.00 bits per heavy atom. The molecule has 0 saturated carbocycles. The minimum Gasteiger partial charge on any atom is -0.215 e. The van der Waals surface area contributed by atoms with E-state index in [-0.39, 0.29) is 0 Å². The van der Waals surface area contributed by atoms with E-state index in [1.165, 1.54) is 25.7 Å². The Bertz CT molecular complexity index is 237. The van der Waals surface area contributed by atoms with Gasteiger partial charge >= 0.3 is 0 Å². The van der Waals surface area contributed by atoms with Gasteiger partial charge in [-0.1, -0.05) is 52.4 Å². The Hall–Kier alpha value is -0.0900. The first-order valence-electron chi connectivity index (χ1n) is 6.59. The molecule has 0 saturated heterocycles. The zero-order chi connectivity index (χ0) is 12.3. The van der Waals surface area contributed by atoms with Gasteiger partial charge in [0.2, 0.25) is 10.0 Å².